The van der Waals surface area contributed by atoms with E-state index >= 15 is 0 Å². The maximum atomic E-state index is 12.8. The average Bonchev–Trinajstić information content (AvgIpc) is 2.33. The Hall–Kier alpha value is -1.97. The van der Waals surface area contributed by atoms with Crippen LogP contribution >= 0.6 is 0 Å². The third-order valence-electron chi connectivity index (χ3n) is 2.51. The van der Waals surface area contributed by atoms with E-state index in [4.69, 9.17) is 5.84 Å². The van der Waals surface area contributed by atoms with Gasteiger partial charge in [-0.15, -0.1) is 0 Å². The van der Waals surface area contributed by atoms with Gasteiger partial charge in [-0.2, -0.15) is 26.3 Å². The summed E-state index contributed by atoms with van der Waals surface area (Å²) < 4.78 is 74.9. The smallest absolute Gasteiger partial charge is 0.333 e. The molecule has 0 atom stereocenters. The zero-order valence-corrected chi connectivity index (χ0v) is 10.6. The van der Waals surface area contributed by atoms with E-state index in [-0.39, 0.29) is 4.90 Å². The van der Waals surface area contributed by atoms with Gasteiger partial charge in [-0.1, -0.05) is 6.07 Å². The van der Waals surface area contributed by atoms with Gasteiger partial charge in [0.05, 0.1) is 16.8 Å². The molecular formula is C11H11F6N3O. The number of para-hydroxylation sites is 1. The van der Waals surface area contributed by atoms with Crippen molar-refractivity contribution in [1.29, 1.82) is 0 Å². The number of hydrogen-bond donors (Lipinski definition) is 2. The number of anilines is 1. The number of rotatable bonds is 3. The van der Waals surface area contributed by atoms with Crippen LogP contribution in [-0.2, 0) is 6.18 Å². The summed E-state index contributed by atoms with van der Waals surface area (Å²) in [6.07, 6.45) is -9.47. The fourth-order valence-corrected chi connectivity index (χ4v) is 1.67. The molecule has 1 rings (SSSR count). The first-order valence-electron chi connectivity index (χ1n) is 5.46. The molecule has 0 unspecified atom stereocenters. The Morgan fingerprint density at radius 3 is 2.24 bits per heavy atom. The number of hydrogen-bond acceptors (Lipinski definition) is 3. The molecule has 0 saturated carbocycles. The van der Waals surface area contributed by atoms with Crippen molar-refractivity contribution in [2.24, 2.45) is 5.84 Å². The molecule has 10 heteroatoms. The van der Waals surface area contributed by atoms with Crippen LogP contribution in [0.2, 0.25) is 0 Å². The van der Waals surface area contributed by atoms with Crippen molar-refractivity contribution >= 4 is 11.6 Å². The van der Waals surface area contributed by atoms with Crippen molar-refractivity contribution in [3.05, 3.63) is 29.3 Å². The van der Waals surface area contributed by atoms with Gasteiger partial charge in [-0.25, -0.2) is 0 Å². The van der Waals surface area contributed by atoms with Crippen molar-refractivity contribution < 1.29 is 31.1 Å². The molecule has 0 aliphatic heterocycles. The van der Waals surface area contributed by atoms with Crippen molar-refractivity contribution in [3.8, 4) is 0 Å². The lowest BCUT2D eigenvalue weighted by Gasteiger charge is -2.22. The average molecular weight is 315 g/mol. The van der Waals surface area contributed by atoms with Crippen LogP contribution in [0.25, 0.3) is 0 Å². The third kappa shape index (κ3) is 4.25. The van der Waals surface area contributed by atoms with Gasteiger partial charge in [0.1, 0.15) is 6.54 Å². The Labute approximate surface area is 115 Å². The Bertz CT molecular complexity index is 526. The molecule has 0 fully saturated rings. The second kappa shape index (κ2) is 5.80. The molecule has 0 aliphatic rings. The summed E-state index contributed by atoms with van der Waals surface area (Å²) in [6.45, 7) is -1.59. The minimum atomic E-state index is -4.80. The predicted molar refractivity (Wildman–Crippen MR) is 62.3 cm³/mol. The normalized spacial score (nSPS) is 12.2. The molecule has 21 heavy (non-hydrogen) atoms. The summed E-state index contributed by atoms with van der Waals surface area (Å²) in [5.74, 6) is 3.74. The number of amides is 1. The van der Waals surface area contributed by atoms with E-state index in [2.05, 4.69) is 0 Å². The lowest BCUT2D eigenvalue weighted by Crippen LogP contribution is -2.36. The molecule has 0 aromatic heterocycles. The highest BCUT2D eigenvalue weighted by Crippen LogP contribution is 2.36. The fraction of sp³-hybridized carbons (Fsp3) is 0.364. The lowest BCUT2D eigenvalue weighted by molar-refractivity contribution is -0.139. The van der Waals surface area contributed by atoms with Gasteiger partial charge >= 0.3 is 12.4 Å². The molecule has 0 heterocycles. The first-order chi connectivity index (χ1) is 9.47. The standard InChI is InChI=1S/C11H11F6N3O/c1-20(5-10(12,13)14)9(21)6-3-2-4-7(8(6)19-18)11(15,16)17/h2-4,19H,5,18H2,1H3. The quantitative estimate of drug-likeness (QED) is 0.512. The van der Waals surface area contributed by atoms with Crippen molar-refractivity contribution in [1.82, 2.24) is 4.90 Å². The summed E-state index contributed by atoms with van der Waals surface area (Å²) in [5, 5.41) is 0. The summed E-state index contributed by atoms with van der Waals surface area (Å²) in [5.41, 5.74) is -0.891. The largest absolute Gasteiger partial charge is 0.418 e. The highest BCUT2D eigenvalue weighted by atomic mass is 19.4. The zero-order valence-electron chi connectivity index (χ0n) is 10.6. The molecule has 1 aromatic rings. The molecule has 3 N–H and O–H groups in total. The molecule has 1 amide bonds. The van der Waals surface area contributed by atoms with Crippen LogP contribution < -0.4 is 11.3 Å². The number of nitrogen functional groups attached to an aromatic ring is 1. The second-order valence-corrected chi connectivity index (χ2v) is 4.15. The maximum Gasteiger partial charge on any atom is 0.418 e. The van der Waals surface area contributed by atoms with Gasteiger partial charge in [-0.05, 0) is 12.1 Å². The van der Waals surface area contributed by atoms with Gasteiger partial charge in [0, 0.05) is 7.05 Å². The lowest BCUT2D eigenvalue weighted by atomic mass is 10.1. The van der Waals surface area contributed by atoms with Gasteiger partial charge in [-0.3, -0.25) is 10.6 Å². The van der Waals surface area contributed by atoms with Gasteiger partial charge in [0.2, 0.25) is 0 Å². The molecule has 0 saturated heterocycles. The topological polar surface area (TPSA) is 58.4 Å². The number of nitrogens with two attached hydrogens (primary N) is 1. The Morgan fingerprint density at radius 1 is 1.24 bits per heavy atom. The van der Waals surface area contributed by atoms with E-state index in [0.29, 0.717) is 6.07 Å². The van der Waals surface area contributed by atoms with Crippen LogP contribution in [0, 0.1) is 0 Å². The van der Waals surface area contributed by atoms with Crippen LogP contribution in [0.1, 0.15) is 15.9 Å². The number of carbonyl (C=O) groups excluding carboxylic acids is 1. The monoisotopic (exact) mass is 315 g/mol. The first kappa shape index (κ1) is 17.1. The van der Waals surface area contributed by atoms with Crippen molar-refractivity contribution in [2.45, 2.75) is 12.4 Å². The highest BCUT2D eigenvalue weighted by Gasteiger charge is 2.37. The SMILES string of the molecule is CN(CC(F)(F)F)C(=O)c1cccc(C(F)(F)F)c1NN. The van der Waals surface area contributed by atoms with Crippen LogP contribution in [0.4, 0.5) is 32.0 Å². The number of nitrogens with zero attached hydrogens (tertiary/aromatic N) is 1. The molecule has 1 aromatic carbocycles. The summed E-state index contributed by atoms with van der Waals surface area (Å²) in [7, 11) is 0.830. The number of alkyl halides is 6. The van der Waals surface area contributed by atoms with Crippen LogP contribution in [-0.4, -0.2) is 30.6 Å². The van der Waals surface area contributed by atoms with E-state index in [1.807, 2.05) is 0 Å². The van der Waals surface area contributed by atoms with Crippen LogP contribution in [0.3, 0.4) is 0 Å². The van der Waals surface area contributed by atoms with E-state index < -0.39 is 41.6 Å². The molecular weight excluding hydrogens is 304 g/mol. The number of nitrogens with one attached hydrogen (secondary N) is 1. The molecule has 0 radical (unpaired) electrons. The Balaban J connectivity index is 3.22. The van der Waals surface area contributed by atoms with Gasteiger partial charge in [0.15, 0.2) is 0 Å². The second-order valence-electron chi connectivity index (χ2n) is 4.15. The maximum absolute atomic E-state index is 12.8. The Morgan fingerprint density at radius 2 is 1.81 bits per heavy atom. The van der Waals surface area contributed by atoms with Crippen molar-refractivity contribution in [2.75, 3.05) is 19.0 Å². The molecule has 0 aliphatic carbocycles. The Kier molecular flexibility index (Phi) is 4.72. The number of benzene rings is 1. The van der Waals surface area contributed by atoms with Crippen LogP contribution in [0.15, 0.2) is 18.2 Å². The molecule has 0 bridgehead atoms. The van der Waals surface area contributed by atoms with Crippen LogP contribution in [0.5, 0.6) is 0 Å². The van der Waals surface area contributed by atoms with E-state index in [9.17, 15) is 31.1 Å². The number of hydrazine groups is 1. The highest BCUT2D eigenvalue weighted by molar-refractivity contribution is 6.00. The zero-order chi connectivity index (χ0) is 16.4. The minimum absolute atomic E-state index is 0.260. The molecule has 0 spiro atoms. The van der Waals surface area contributed by atoms with Gasteiger partial charge in [0.25, 0.3) is 5.91 Å². The summed E-state index contributed by atoms with van der Waals surface area (Å²) in [6, 6.07) is 2.54. The minimum Gasteiger partial charge on any atom is -0.333 e. The summed E-state index contributed by atoms with van der Waals surface area (Å²) >= 11 is 0. The molecule has 4 nitrogen and oxygen atoms in total. The number of halogens is 6. The molecule has 118 valence electrons. The van der Waals surface area contributed by atoms with Gasteiger partial charge < -0.3 is 10.3 Å². The van der Waals surface area contributed by atoms with E-state index in [1.54, 1.807) is 5.43 Å². The summed E-state index contributed by atoms with van der Waals surface area (Å²) in [4.78, 5) is 12.1. The fourth-order valence-electron chi connectivity index (χ4n) is 1.67. The first-order valence-corrected chi connectivity index (χ1v) is 5.46. The van der Waals surface area contributed by atoms with E-state index in [0.717, 1.165) is 19.2 Å². The predicted octanol–water partition coefficient (Wildman–Crippen LogP) is 2.63. The van der Waals surface area contributed by atoms with E-state index in [1.165, 1.54) is 0 Å². The number of carbonyl (C=O) groups is 1. The third-order valence-corrected chi connectivity index (χ3v) is 2.51. The van der Waals surface area contributed by atoms with Crippen molar-refractivity contribution in [3.63, 3.8) is 0 Å².